The van der Waals surface area contributed by atoms with Gasteiger partial charge in [-0.15, -0.1) is 0 Å². The van der Waals surface area contributed by atoms with E-state index in [9.17, 15) is 9.59 Å². The van der Waals surface area contributed by atoms with Gasteiger partial charge in [0.2, 0.25) is 0 Å². The normalized spacial score (nSPS) is 14.4. The van der Waals surface area contributed by atoms with Crippen molar-refractivity contribution in [3.05, 3.63) is 81.0 Å². The third-order valence-electron chi connectivity index (χ3n) is 6.01. The first kappa shape index (κ1) is 22.9. The summed E-state index contributed by atoms with van der Waals surface area (Å²) in [6, 6.07) is 11.5. The highest BCUT2D eigenvalue weighted by molar-refractivity contribution is 6.05. The minimum absolute atomic E-state index is 0.186. The quantitative estimate of drug-likeness (QED) is 0.600. The zero-order valence-corrected chi connectivity index (χ0v) is 19.5. The summed E-state index contributed by atoms with van der Waals surface area (Å²) in [5, 5.41) is 7.37. The maximum atomic E-state index is 13.0. The van der Waals surface area contributed by atoms with Crippen LogP contribution in [0, 0.1) is 20.8 Å². The maximum absolute atomic E-state index is 13.0. The van der Waals surface area contributed by atoms with Gasteiger partial charge >= 0.3 is 0 Å². The first-order chi connectivity index (χ1) is 15.9. The summed E-state index contributed by atoms with van der Waals surface area (Å²) in [4.78, 5) is 28.3. The van der Waals surface area contributed by atoms with Crippen molar-refractivity contribution in [2.45, 2.75) is 33.9 Å². The number of ether oxygens (including phenoxy) is 1. The highest BCUT2D eigenvalue weighted by atomic mass is 16.5. The highest BCUT2D eigenvalue weighted by Crippen LogP contribution is 2.14. The lowest BCUT2D eigenvalue weighted by molar-refractivity contribution is 0.0363. The topological polar surface area (TPSA) is 81.4 Å². The van der Waals surface area contributed by atoms with Crippen molar-refractivity contribution < 1.29 is 9.53 Å². The molecule has 174 valence electrons. The Bertz CT molecular complexity index is 1170. The molecule has 3 heterocycles. The number of amides is 1. The van der Waals surface area contributed by atoms with Crippen LogP contribution in [-0.2, 0) is 17.8 Å². The Kier molecular flexibility index (Phi) is 7.05. The van der Waals surface area contributed by atoms with Gasteiger partial charge in [0.15, 0.2) is 0 Å². The van der Waals surface area contributed by atoms with Gasteiger partial charge in [0.25, 0.3) is 11.5 Å². The first-order valence-electron chi connectivity index (χ1n) is 11.3. The number of aromatic nitrogens is 3. The lowest BCUT2D eigenvalue weighted by atomic mass is 10.1. The van der Waals surface area contributed by atoms with Crippen LogP contribution in [0.15, 0.2) is 47.4 Å². The number of anilines is 1. The number of nitrogens with one attached hydrogen (secondary N) is 1. The minimum atomic E-state index is -0.385. The second kappa shape index (κ2) is 10.1. The molecular weight excluding hydrogens is 418 g/mol. The van der Waals surface area contributed by atoms with Gasteiger partial charge in [-0.25, -0.2) is 0 Å². The maximum Gasteiger partial charge on any atom is 0.263 e. The van der Waals surface area contributed by atoms with Gasteiger partial charge in [0.05, 0.1) is 25.5 Å². The van der Waals surface area contributed by atoms with Crippen LogP contribution >= 0.6 is 0 Å². The monoisotopic (exact) mass is 449 g/mol. The largest absolute Gasteiger partial charge is 0.379 e. The summed E-state index contributed by atoms with van der Waals surface area (Å²) in [5.41, 5.74) is 4.43. The van der Waals surface area contributed by atoms with E-state index in [0.29, 0.717) is 24.3 Å². The Hall–Kier alpha value is -3.23. The predicted octanol–water partition coefficient (Wildman–Crippen LogP) is 2.60. The fourth-order valence-electron chi connectivity index (χ4n) is 4.09. The number of carbonyl (C=O) groups is 1. The van der Waals surface area contributed by atoms with E-state index in [2.05, 4.69) is 15.3 Å². The second-order valence-electron chi connectivity index (χ2n) is 8.56. The molecule has 3 aromatic rings. The van der Waals surface area contributed by atoms with E-state index in [4.69, 9.17) is 4.74 Å². The molecule has 0 unspecified atom stereocenters. The van der Waals surface area contributed by atoms with E-state index in [-0.39, 0.29) is 17.0 Å². The van der Waals surface area contributed by atoms with Gasteiger partial charge in [-0.1, -0.05) is 12.1 Å². The first-order valence-corrected chi connectivity index (χ1v) is 11.3. The highest BCUT2D eigenvalue weighted by Gasteiger charge is 2.17. The minimum Gasteiger partial charge on any atom is -0.379 e. The van der Waals surface area contributed by atoms with Crippen molar-refractivity contribution >= 4 is 11.6 Å². The van der Waals surface area contributed by atoms with Crippen LogP contribution < -0.4 is 10.9 Å². The van der Waals surface area contributed by atoms with Crippen molar-refractivity contribution in [1.29, 1.82) is 0 Å². The van der Waals surface area contributed by atoms with Crippen LogP contribution in [0.5, 0.6) is 0 Å². The Morgan fingerprint density at radius 1 is 1.06 bits per heavy atom. The number of nitrogens with zero attached hydrogens (tertiary/aromatic N) is 4. The molecule has 8 nitrogen and oxygen atoms in total. The Morgan fingerprint density at radius 3 is 2.45 bits per heavy atom. The van der Waals surface area contributed by atoms with Gasteiger partial charge in [0, 0.05) is 43.8 Å². The second-order valence-corrected chi connectivity index (χ2v) is 8.56. The Balaban J connectivity index is 1.43. The van der Waals surface area contributed by atoms with Gasteiger partial charge in [-0.05, 0) is 56.2 Å². The van der Waals surface area contributed by atoms with E-state index in [1.54, 1.807) is 17.7 Å². The van der Waals surface area contributed by atoms with Crippen molar-refractivity contribution in [3.8, 4) is 0 Å². The summed E-state index contributed by atoms with van der Waals surface area (Å²) >= 11 is 0. The lowest BCUT2D eigenvalue weighted by Gasteiger charge is -2.26. The molecule has 1 amide bonds. The van der Waals surface area contributed by atoms with Gasteiger partial charge in [-0.2, -0.15) is 5.10 Å². The van der Waals surface area contributed by atoms with Crippen LogP contribution in [0.2, 0.25) is 0 Å². The van der Waals surface area contributed by atoms with Crippen LogP contribution in [0.3, 0.4) is 0 Å². The zero-order chi connectivity index (χ0) is 23.4. The van der Waals surface area contributed by atoms with Crippen LogP contribution in [-0.4, -0.2) is 58.0 Å². The van der Waals surface area contributed by atoms with E-state index in [1.807, 2.05) is 54.9 Å². The average molecular weight is 450 g/mol. The molecule has 1 aliphatic heterocycles. The Labute approximate surface area is 193 Å². The molecule has 1 fully saturated rings. The molecule has 1 aromatic carbocycles. The molecule has 1 saturated heterocycles. The lowest BCUT2D eigenvalue weighted by Crippen LogP contribution is -2.40. The van der Waals surface area contributed by atoms with Crippen LogP contribution in [0.25, 0.3) is 0 Å². The van der Waals surface area contributed by atoms with Crippen molar-refractivity contribution in [1.82, 2.24) is 19.2 Å². The van der Waals surface area contributed by atoms with Crippen LogP contribution in [0.4, 0.5) is 5.69 Å². The third-order valence-corrected chi connectivity index (χ3v) is 6.01. The third kappa shape index (κ3) is 5.58. The fourth-order valence-corrected chi connectivity index (χ4v) is 4.09. The SMILES string of the molecule is Cc1cc(C)n(Cc2ccc(NC(=O)c3c(C)ccn(CCN4CCOCC4)c3=O)cc2)n1. The number of aryl methyl sites for hydroxylation is 3. The molecule has 0 bridgehead atoms. The summed E-state index contributed by atoms with van der Waals surface area (Å²) < 4.78 is 8.95. The molecule has 1 N–H and O–H groups in total. The molecule has 0 radical (unpaired) electrons. The van der Waals surface area contributed by atoms with Gasteiger partial charge in [-0.3, -0.25) is 19.2 Å². The summed E-state index contributed by atoms with van der Waals surface area (Å²) in [6.07, 6.45) is 1.77. The van der Waals surface area contributed by atoms with Crippen molar-refractivity contribution in [2.24, 2.45) is 0 Å². The molecule has 1 aliphatic rings. The number of carbonyl (C=O) groups excluding carboxylic acids is 1. The van der Waals surface area contributed by atoms with E-state index >= 15 is 0 Å². The van der Waals surface area contributed by atoms with Crippen molar-refractivity contribution in [3.63, 3.8) is 0 Å². The molecule has 8 heteroatoms. The average Bonchev–Trinajstić information content (AvgIpc) is 3.11. The zero-order valence-electron chi connectivity index (χ0n) is 19.5. The molecule has 4 rings (SSSR count). The standard InChI is InChI=1S/C25H31N5O3/c1-18-8-9-29(11-10-28-12-14-33-15-13-28)25(32)23(18)24(31)26-22-6-4-21(5-7-22)17-30-20(3)16-19(2)27-30/h4-9,16H,10-15,17H2,1-3H3,(H,26,31). The fraction of sp³-hybridized carbons (Fsp3) is 0.400. The number of pyridine rings is 1. The predicted molar refractivity (Wildman–Crippen MR) is 128 cm³/mol. The van der Waals surface area contributed by atoms with Gasteiger partial charge in [0.1, 0.15) is 5.56 Å². The molecule has 33 heavy (non-hydrogen) atoms. The molecule has 0 aliphatic carbocycles. The number of hydrogen-bond donors (Lipinski definition) is 1. The summed E-state index contributed by atoms with van der Waals surface area (Å²) in [7, 11) is 0. The van der Waals surface area contributed by atoms with Crippen molar-refractivity contribution in [2.75, 3.05) is 38.2 Å². The Morgan fingerprint density at radius 2 is 1.79 bits per heavy atom. The van der Waals surface area contributed by atoms with E-state index < -0.39 is 0 Å². The smallest absolute Gasteiger partial charge is 0.263 e. The summed E-state index contributed by atoms with van der Waals surface area (Å²) in [5.74, 6) is -0.385. The van der Waals surface area contributed by atoms with E-state index in [1.165, 1.54) is 0 Å². The van der Waals surface area contributed by atoms with E-state index in [0.717, 1.165) is 49.8 Å². The molecule has 0 saturated carbocycles. The molecule has 0 spiro atoms. The van der Waals surface area contributed by atoms with Gasteiger partial charge < -0.3 is 14.6 Å². The number of rotatable bonds is 7. The molecule has 0 atom stereocenters. The number of benzene rings is 1. The molecule has 2 aromatic heterocycles. The van der Waals surface area contributed by atoms with Crippen LogP contribution in [0.1, 0.15) is 32.9 Å². The summed E-state index contributed by atoms with van der Waals surface area (Å²) in [6.45, 7) is 10.9. The number of hydrogen-bond acceptors (Lipinski definition) is 5. The molecular formula is C25H31N5O3. The number of morpholine rings is 1.